The quantitative estimate of drug-likeness (QED) is 0.694. The van der Waals surface area contributed by atoms with Crippen LogP contribution in [0.3, 0.4) is 0 Å². The van der Waals surface area contributed by atoms with Crippen molar-refractivity contribution in [3.8, 4) is 11.5 Å². The molecule has 2 heterocycles. The Hall–Kier alpha value is -3.40. The van der Waals surface area contributed by atoms with E-state index >= 15 is 0 Å². The van der Waals surface area contributed by atoms with E-state index in [1.54, 1.807) is 41.8 Å². The molecule has 0 saturated heterocycles. The predicted octanol–water partition coefficient (Wildman–Crippen LogP) is 1.63. The van der Waals surface area contributed by atoms with Crippen LogP contribution < -0.4 is 14.8 Å². The number of benzene rings is 2. The second kappa shape index (κ2) is 6.89. The molecule has 9 nitrogen and oxygen atoms in total. The van der Waals surface area contributed by atoms with E-state index in [4.69, 9.17) is 9.47 Å². The van der Waals surface area contributed by atoms with Gasteiger partial charge in [-0.3, -0.25) is 4.79 Å². The lowest BCUT2D eigenvalue weighted by Gasteiger charge is -2.10. The summed E-state index contributed by atoms with van der Waals surface area (Å²) in [7, 11) is -0.734. The molecule has 150 valence electrons. The number of amidine groups is 1. The maximum atomic E-state index is 12.7. The number of rotatable bonds is 4. The highest BCUT2D eigenvalue weighted by molar-refractivity contribution is 7.90. The van der Waals surface area contributed by atoms with Gasteiger partial charge in [0.05, 0.1) is 25.3 Å². The number of fused-ring (bicyclic) bond motifs is 2. The monoisotopic (exact) mass is 414 g/mol. The molecule has 0 unspecified atom stereocenters. The van der Waals surface area contributed by atoms with Gasteiger partial charge in [-0.05, 0) is 19.1 Å². The summed E-state index contributed by atoms with van der Waals surface area (Å²) in [6.45, 7) is 1.71. The van der Waals surface area contributed by atoms with E-state index < -0.39 is 15.9 Å². The molecule has 1 aromatic heterocycles. The zero-order valence-electron chi connectivity index (χ0n) is 16.0. The minimum atomic E-state index is -3.80. The van der Waals surface area contributed by atoms with E-state index in [2.05, 4.69) is 14.7 Å². The minimum absolute atomic E-state index is 0.0203. The third kappa shape index (κ3) is 3.21. The third-order valence-electron chi connectivity index (χ3n) is 4.64. The van der Waals surface area contributed by atoms with Crippen LogP contribution in [0.5, 0.6) is 11.5 Å². The van der Waals surface area contributed by atoms with Gasteiger partial charge in [0.25, 0.3) is 10.0 Å². The van der Waals surface area contributed by atoms with E-state index in [1.165, 1.54) is 20.3 Å². The first kappa shape index (κ1) is 18.9. The average molecular weight is 414 g/mol. The Labute approximate surface area is 167 Å². The topological polar surface area (TPSA) is 112 Å². The van der Waals surface area contributed by atoms with Crippen LogP contribution in [0.2, 0.25) is 0 Å². The van der Waals surface area contributed by atoms with Gasteiger partial charge in [0.2, 0.25) is 5.91 Å². The standard InChI is InChI=1S/C19H18N4O5S/c1-11-20-13-8-15(27-2)16(28-3)9-14(13)23(11)10-18(24)21-19-12-6-4-5-7-17(12)29(25,26)22-19/h4-9H,10H2,1-3H3,(H,21,22,24). The Kier molecular flexibility index (Phi) is 4.50. The molecule has 29 heavy (non-hydrogen) atoms. The van der Waals surface area contributed by atoms with E-state index in [0.29, 0.717) is 33.9 Å². The molecule has 1 amide bonds. The van der Waals surface area contributed by atoms with Crippen molar-refractivity contribution in [2.24, 2.45) is 4.40 Å². The van der Waals surface area contributed by atoms with Gasteiger partial charge in [-0.1, -0.05) is 12.1 Å². The van der Waals surface area contributed by atoms with Crippen molar-refractivity contribution in [3.05, 3.63) is 47.8 Å². The number of methoxy groups -OCH3 is 2. The second-order valence-corrected chi connectivity index (χ2v) is 7.97. The van der Waals surface area contributed by atoms with Gasteiger partial charge in [-0.2, -0.15) is 8.42 Å². The van der Waals surface area contributed by atoms with Crippen molar-refractivity contribution >= 4 is 32.8 Å². The molecule has 2 aromatic carbocycles. The molecule has 0 saturated carbocycles. The number of ether oxygens (including phenoxy) is 2. The number of carbonyl (C=O) groups is 1. The Balaban J connectivity index is 1.64. The lowest BCUT2D eigenvalue weighted by atomic mass is 10.2. The molecule has 0 aliphatic carbocycles. The Morgan fingerprint density at radius 1 is 1.14 bits per heavy atom. The van der Waals surface area contributed by atoms with Crippen LogP contribution in [-0.4, -0.2) is 43.9 Å². The maximum Gasteiger partial charge on any atom is 0.285 e. The molecule has 0 fully saturated rings. The van der Waals surface area contributed by atoms with Gasteiger partial charge in [-0.25, -0.2) is 4.98 Å². The summed E-state index contributed by atoms with van der Waals surface area (Å²) in [4.78, 5) is 17.2. The van der Waals surface area contributed by atoms with Gasteiger partial charge in [0, 0.05) is 17.7 Å². The summed E-state index contributed by atoms with van der Waals surface area (Å²) in [6.07, 6.45) is 0. The van der Waals surface area contributed by atoms with Crippen molar-refractivity contribution < 1.29 is 22.7 Å². The highest BCUT2D eigenvalue weighted by atomic mass is 32.2. The maximum absolute atomic E-state index is 12.7. The number of amides is 1. The molecule has 3 aromatic rings. The molecule has 1 N–H and O–H groups in total. The zero-order valence-corrected chi connectivity index (χ0v) is 16.8. The molecule has 1 aliphatic rings. The van der Waals surface area contributed by atoms with E-state index in [0.717, 1.165) is 0 Å². The number of hydrogen-bond acceptors (Lipinski definition) is 6. The fourth-order valence-corrected chi connectivity index (χ4v) is 4.46. The molecule has 0 spiro atoms. The Morgan fingerprint density at radius 3 is 2.55 bits per heavy atom. The van der Waals surface area contributed by atoms with Crippen LogP contribution in [0.1, 0.15) is 11.4 Å². The fourth-order valence-electron chi connectivity index (χ4n) is 3.28. The first-order chi connectivity index (χ1) is 13.8. The molecule has 10 heteroatoms. The largest absolute Gasteiger partial charge is 0.493 e. The van der Waals surface area contributed by atoms with Crippen LogP contribution >= 0.6 is 0 Å². The fraction of sp³-hybridized carbons (Fsp3) is 0.211. The van der Waals surface area contributed by atoms with Crippen molar-refractivity contribution in [3.63, 3.8) is 0 Å². The minimum Gasteiger partial charge on any atom is -0.493 e. The van der Waals surface area contributed by atoms with Crippen LogP contribution in [0.4, 0.5) is 0 Å². The van der Waals surface area contributed by atoms with Crippen molar-refractivity contribution in [2.75, 3.05) is 14.2 Å². The first-order valence-corrected chi connectivity index (χ1v) is 10.1. The number of aromatic nitrogens is 2. The van der Waals surface area contributed by atoms with Crippen LogP contribution in [0, 0.1) is 6.92 Å². The number of hydrogen-bond donors (Lipinski definition) is 1. The normalized spacial score (nSPS) is 14.4. The Bertz CT molecular complexity index is 1280. The smallest absolute Gasteiger partial charge is 0.285 e. The molecular weight excluding hydrogens is 396 g/mol. The summed E-state index contributed by atoms with van der Waals surface area (Å²) in [5.74, 6) is 1.27. The number of carbonyl (C=O) groups excluding carboxylic acids is 1. The summed E-state index contributed by atoms with van der Waals surface area (Å²) < 4.78 is 40.3. The summed E-state index contributed by atoms with van der Waals surface area (Å²) in [5.41, 5.74) is 1.72. The predicted molar refractivity (Wildman–Crippen MR) is 106 cm³/mol. The lowest BCUT2D eigenvalue weighted by Crippen LogP contribution is -2.33. The van der Waals surface area contributed by atoms with Crippen molar-refractivity contribution in [1.29, 1.82) is 0 Å². The van der Waals surface area contributed by atoms with Gasteiger partial charge in [0.15, 0.2) is 17.3 Å². The molecule has 4 rings (SSSR count). The second-order valence-electron chi connectivity index (χ2n) is 6.40. The molecule has 0 atom stereocenters. The Morgan fingerprint density at radius 2 is 1.83 bits per heavy atom. The first-order valence-electron chi connectivity index (χ1n) is 8.67. The van der Waals surface area contributed by atoms with Crippen molar-refractivity contribution in [1.82, 2.24) is 14.9 Å². The van der Waals surface area contributed by atoms with Gasteiger partial charge in [-0.15, -0.1) is 4.40 Å². The highest BCUT2D eigenvalue weighted by Crippen LogP contribution is 2.32. The van der Waals surface area contributed by atoms with Crippen molar-refractivity contribution in [2.45, 2.75) is 18.4 Å². The van der Waals surface area contributed by atoms with Crippen LogP contribution in [-0.2, 0) is 21.4 Å². The van der Waals surface area contributed by atoms with Gasteiger partial charge < -0.3 is 19.4 Å². The van der Waals surface area contributed by atoms with E-state index in [-0.39, 0.29) is 17.3 Å². The highest BCUT2D eigenvalue weighted by Gasteiger charge is 2.29. The van der Waals surface area contributed by atoms with Gasteiger partial charge >= 0.3 is 0 Å². The summed E-state index contributed by atoms with van der Waals surface area (Å²) in [5, 5.41) is 2.60. The number of aryl methyl sites for hydroxylation is 1. The number of nitrogens with one attached hydrogen (secondary N) is 1. The third-order valence-corrected chi connectivity index (χ3v) is 5.97. The molecule has 0 radical (unpaired) electrons. The SMILES string of the molecule is COc1cc2nc(C)n(CC(=O)NC3=NS(=O)(=O)c4ccccc43)c2cc1OC. The number of imidazole rings is 1. The zero-order chi connectivity index (χ0) is 20.8. The number of sulfonamides is 1. The molecule has 1 aliphatic heterocycles. The summed E-state index contributed by atoms with van der Waals surface area (Å²) in [6, 6.07) is 9.84. The van der Waals surface area contributed by atoms with Crippen LogP contribution in [0.25, 0.3) is 11.0 Å². The lowest BCUT2D eigenvalue weighted by molar-refractivity contribution is -0.120. The average Bonchev–Trinajstić information content (AvgIpc) is 3.13. The number of nitrogens with zero attached hydrogens (tertiary/aromatic N) is 3. The summed E-state index contributed by atoms with van der Waals surface area (Å²) >= 11 is 0. The molecule has 0 bridgehead atoms. The van der Waals surface area contributed by atoms with E-state index in [1.807, 2.05) is 0 Å². The van der Waals surface area contributed by atoms with E-state index in [9.17, 15) is 13.2 Å². The molecular formula is C19H18N4O5S. The van der Waals surface area contributed by atoms with Crippen LogP contribution in [0.15, 0.2) is 45.7 Å². The van der Waals surface area contributed by atoms with Gasteiger partial charge in [0.1, 0.15) is 17.3 Å².